The third kappa shape index (κ3) is 6.23. The van der Waals surface area contributed by atoms with Crippen LogP contribution in [0, 0.1) is 5.82 Å². The van der Waals surface area contributed by atoms with Crippen LogP contribution in [0.5, 0.6) is 5.75 Å². The van der Waals surface area contributed by atoms with Gasteiger partial charge in [-0.3, -0.25) is 9.59 Å². The van der Waals surface area contributed by atoms with Crippen LogP contribution >= 0.6 is 23.2 Å². The van der Waals surface area contributed by atoms with Crippen LogP contribution in [0.4, 0.5) is 10.2 Å². The number of ether oxygens (including phenoxy) is 1. The van der Waals surface area contributed by atoms with Gasteiger partial charge in [0, 0.05) is 53.8 Å². The number of Topliss-reactive ketones (excluding diaryl/α,β-unsaturated/α-hetero) is 1. The van der Waals surface area contributed by atoms with E-state index < -0.39 is 11.9 Å². The molecule has 1 aliphatic heterocycles. The van der Waals surface area contributed by atoms with E-state index in [1.165, 1.54) is 12.1 Å². The van der Waals surface area contributed by atoms with Crippen molar-refractivity contribution in [2.45, 2.75) is 45.4 Å². The Balaban J connectivity index is 1.45. The molecule has 0 radical (unpaired) electrons. The first-order valence-electron chi connectivity index (χ1n) is 12.1. The second-order valence-corrected chi connectivity index (χ2v) is 10.3. The van der Waals surface area contributed by atoms with Crippen molar-refractivity contribution in [3.63, 3.8) is 0 Å². The third-order valence-corrected chi connectivity index (χ3v) is 6.99. The summed E-state index contributed by atoms with van der Waals surface area (Å²) in [5.74, 6) is -0.949. The summed E-state index contributed by atoms with van der Waals surface area (Å²) in [7, 11) is 0. The van der Waals surface area contributed by atoms with Crippen LogP contribution in [0.2, 0.25) is 10.0 Å². The molecule has 0 bridgehead atoms. The van der Waals surface area contributed by atoms with Crippen molar-refractivity contribution in [1.82, 2.24) is 20.4 Å². The molecular formula is C27H28Cl2FN5O3. The molecule has 8 nitrogen and oxygen atoms in total. The number of nitrogens with one attached hydrogen (secondary N) is 1. The van der Waals surface area contributed by atoms with Crippen molar-refractivity contribution in [2.24, 2.45) is 0 Å². The fourth-order valence-electron chi connectivity index (χ4n) is 4.50. The quantitative estimate of drug-likeness (QED) is 0.313. The predicted molar refractivity (Wildman–Crippen MR) is 144 cm³/mol. The Labute approximate surface area is 230 Å². The molecule has 0 unspecified atom stereocenters. The van der Waals surface area contributed by atoms with Crippen LogP contribution < -0.4 is 15.8 Å². The summed E-state index contributed by atoms with van der Waals surface area (Å²) in [6.45, 7) is 7.00. The highest BCUT2D eigenvalue weighted by atomic mass is 35.5. The lowest BCUT2D eigenvalue weighted by Crippen LogP contribution is -2.55. The molecule has 2 aromatic carbocycles. The van der Waals surface area contributed by atoms with Crippen LogP contribution in [-0.4, -0.2) is 52.0 Å². The maximum absolute atomic E-state index is 13.9. The van der Waals surface area contributed by atoms with Crippen LogP contribution in [0.15, 0.2) is 42.5 Å². The van der Waals surface area contributed by atoms with E-state index in [0.29, 0.717) is 24.2 Å². The van der Waals surface area contributed by atoms with Gasteiger partial charge in [-0.15, -0.1) is 10.2 Å². The van der Waals surface area contributed by atoms with Gasteiger partial charge in [0.15, 0.2) is 17.4 Å². The van der Waals surface area contributed by atoms with E-state index in [1.807, 2.05) is 18.7 Å². The highest BCUT2D eigenvalue weighted by Crippen LogP contribution is 2.35. The molecule has 1 aromatic heterocycles. The summed E-state index contributed by atoms with van der Waals surface area (Å²) in [4.78, 5) is 27.7. The number of benzene rings is 2. The summed E-state index contributed by atoms with van der Waals surface area (Å²) in [6, 6.07) is 11.3. The van der Waals surface area contributed by atoms with Gasteiger partial charge in [-0.1, -0.05) is 35.3 Å². The van der Waals surface area contributed by atoms with Gasteiger partial charge < -0.3 is 20.7 Å². The molecule has 0 saturated carbocycles. The molecule has 3 atom stereocenters. The normalized spacial score (nSPS) is 18.2. The van der Waals surface area contributed by atoms with Crippen LogP contribution in [-0.2, 0) is 6.42 Å². The lowest BCUT2D eigenvalue weighted by molar-refractivity contribution is 0.0673. The summed E-state index contributed by atoms with van der Waals surface area (Å²) in [6.07, 6.45) is -0.752. The van der Waals surface area contributed by atoms with Crippen LogP contribution in [0.1, 0.15) is 58.8 Å². The highest BCUT2D eigenvalue weighted by molar-refractivity contribution is 6.36. The van der Waals surface area contributed by atoms with E-state index in [4.69, 9.17) is 33.7 Å². The third-order valence-electron chi connectivity index (χ3n) is 6.27. The van der Waals surface area contributed by atoms with Gasteiger partial charge in [-0.25, -0.2) is 4.39 Å². The number of halogens is 3. The molecule has 3 aromatic rings. The number of piperazine rings is 1. The summed E-state index contributed by atoms with van der Waals surface area (Å²) in [5.41, 5.74) is 7.47. The van der Waals surface area contributed by atoms with Crippen LogP contribution in [0.3, 0.4) is 0 Å². The first kappa shape index (κ1) is 27.8. The fraction of sp³-hybridized carbons (Fsp3) is 0.333. The molecule has 0 spiro atoms. The first-order chi connectivity index (χ1) is 18.0. The molecule has 2 heterocycles. The van der Waals surface area contributed by atoms with Crippen LogP contribution in [0.25, 0.3) is 0 Å². The largest absolute Gasteiger partial charge is 0.482 e. The second kappa shape index (κ2) is 11.6. The van der Waals surface area contributed by atoms with Crippen molar-refractivity contribution in [3.8, 4) is 5.75 Å². The molecule has 0 aliphatic carbocycles. The van der Waals surface area contributed by atoms with Gasteiger partial charge in [-0.2, -0.15) is 0 Å². The number of carbonyl (C=O) groups excluding carboxylic acids is 2. The predicted octanol–water partition coefficient (Wildman–Crippen LogP) is 4.89. The number of nitrogens with two attached hydrogens (primary N) is 1. The lowest BCUT2D eigenvalue weighted by atomic mass is 10.0. The van der Waals surface area contributed by atoms with E-state index in [2.05, 4.69) is 15.5 Å². The van der Waals surface area contributed by atoms with Crippen molar-refractivity contribution in [2.75, 3.05) is 18.8 Å². The Hall–Kier alpha value is -3.27. The summed E-state index contributed by atoms with van der Waals surface area (Å²) in [5, 5.41) is 11.2. The number of aromatic nitrogens is 2. The number of carbonyl (C=O) groups is 2. The Kier molecular flexibility index (Phi) is 8.50. The minimum atomic E-state index is -0.785. The molecule has 1 amide bonds. The lowest BCUT2D eigenvalue weighted by Gasteiger charge is -2.36. The average Bonchev–Trinajstić information content (AvgIpc) is 2.87. The van der Waals surface area contributed by atoms with Gasteiger partial charge in [0.25, 0.3) is 5.91 Å². The van der Waals surface area contributed by atoms with Crippen molar-refractivity contribution < 1.29 is 18.7 Å². The second-order valence-electron chi connectivity index (χ2n) is 9.47. The van der Waals surface area contributed by atoms with Gasteiger partial charge in [0.05, 0.1) is 5.02 Å². The minimum Gasteiger partial charge on any atom is -0.482 e. The van der Waals surface area contributed by atoms with Crippen molar-refractivity contribution >= 4 is 40.7 Å². The number of ketones is 1. The Morgan fingerprint density at radius 1 is 1.13 bits per heavy atom. The number of nitrogens with zero attached hydrogens (tertiary/aromatic N) is 3. The monoisotopic (exact) mass is 559 g/mol. The van der Waals surface area contributed by atoms with Crippen molar-refractivity contribution in [1.29, 1.82) is 0 Å². The molecule has 3 N–H and O–H groups in total. The number of hydrogen-bond donors (Lipinski definition) is 2. The molecular weight excluding hydrogens is 532 g/mol. The smallest absolute Gasteiger partial charge is 0.253 e. The molecule has 200 valence electrons. The topological polar surface area (TPSA) is 110 Å². The first-order valence-corrected chi connectivity index (χ1v) is 12.9. The van der Waals surface area contributed by atoms with E-state index >= 15 is 0 Å². The number of amides is 1. The van der Waals surface area contributed by atoms with E-state index in [1.54, 1.807) is 31.2 Å². The maximum Gasteiger partial charge on any atom is 0.253 e. The molecule has 11 heteroatoms. The zero-order valence-corrected chi connectivity index (χ0v) is 22.7. The van der Waals surface area contributed by atoms with Gasteiger partial charge in [0.1, 0.15) is 17.6 Å². The number of anilines is 1. The Bertz CT molecular complexity index is 1350. The standard InChI is InChI=1S/C27H28Cl2FN5O3/c1-14-12-35(13-15(2)32-14)27(37)18-6-4-17(5-7-18)10-22(36)21-11-23(26(31)34-33-21)38-16(3)24-19(28)8-9-20(30)25(24)29/h4-9,11,14-16,32H,10,12-13H2,1-3H3,(H2,31,34)/t14-,15+,16-/m1/s1. The summed E-state index contributed by atoms with van der Waals surface area (Å²) < 4.78 is 19.8. The highest BCUT2D eigenvalue weighted by Gasteiger charge is 2.26. The number of nitrogen functional groups attached to an aromatic ring is 1. The maximum atomic E-state index is 13.9. The SMILES string of the molecule is C[C@@H]1CN(C(=O)c2ccc(CC(=O)c3cc(O[C@H](C)c4c(Cl)ccc(F)c4Cl)c(N)nn3)cc2)C[C@H](C)N1. The molecule has 1 saturated heterocycles. The molecule has 38 heavy (non-hydrogen) atoms. The Morgan fingerprint density at radius 2 is 1.79 bits per heavy atom. The molecule has 4 rings (SSSR count). The Morgan fingerprint density at radius 3 is 2.45 bits per heavy atom. The van der Waals surface area contributed by atoms with Gasteiger partial charge in [0.2, 0.25) is 0 Å². The number of hydrogen-bond acceptors (Lipinski definition) is 7. The van der Waals surface area contributed by atoms with E-state index in [9.17, 15) is 14.0 Å². The molecule has 1 aliphatic rings. The minimum absolute atomic E-state index is 0.0331. The van der Waals surface area contributed by atoms with Gasteiger partial charge in [-0.05, 0) is 50.6 Å². The fourth-order valence-corrected chi connectivity index (χ4v) is 5.17. The summed E-state index contributed by atoms with van der Waals surface area (Å²) >= 11 is 12.3. The van der Waals surface area contributed by atoms with E-state index in [-0.39, 0.29) is 63.1 Å². The van der Waals surface area contributed by atoms with Crippen molar-refractivity contribution in [3.05, 3.63) is 80.7 Å². The number of rotatable bonds is 7. The van der Waals surface area contributed by atoms with Gasteiger partial charge >= 0.3 is 0 Å². The molecule has 1 fully saturated rings. The average molecular weight is 560 g/mol. The van der Waals surface area contributed by atoms with E-state index in [0.717, 1.165) is 6.07 Å². The zero-order chi connectivity index (χ0) is 27.6. The zero-order valence-electron chi connectivity index (χ0n) is 21.2.